The lowest BCUT2D eigenvalue weighted by Gasteiger charge is -2.01. The highest BCUT2D eigenvalue weighted by atomic mass is 35.5. The summed E-state index contributed by atoms with van der Waals surface area (Å²) in [4.78, 5) is 1.37. The van der Waals surface area contributed by atoms with E-state index >= 15 is 0 Å². The fraction of sp³-hybridized carbons (Fsp3) is 0.400. The first-order chi connectivity index (χ1) is 5.83. The van der Waals surface area contributed by atoms with E-state index in [4.69, 9.17) is 0 Å². The standard InChI is InChI=1S/C10H15NS.ClH/c1-9-4-3-5-10(8-9)12-7-6-11-2;/h3-5,8,11H,6-7H2,1-2H3;1H. The van der Waals surface area contributed by atoms with Crippen LogP contribution in [0.2, 0.25) is 0 Å². The van der Waals surface area contributed by atoms with Gasteiger partial charge in [-0.05, 0) is 26.1 Å². The van der Waals surface area contributed by atoms with Crippen LogP contribution < -0.4 is 5.32 Å². The third-order valence-electron chi connectivity index (χ3n) is 1.61. The van der Waals surface area contributed by atoms with Crippen LogP contribution in [0.4, 0.5) is 0 Å². The molecule has 0 saturated heterocycles. The number of hydrogen-bond donors (Lipinski definition) is 1. The van der Waals surface area contributed by atoms with Crippen LogP contribution in [0.3, 0.4) is 0 Å². The molecule has 1 nitrogen and oxygen atoms in total. The predicted octanol–water partition coefficient (Wildman–Crippen LogP) is 2.73. The van der Waals surface area contributed by atoms with Crippen molar-refractivity contribution in [2.24, 2.45) is 0 Å². The van der Waals surface area contributed by atoms with Crippen molar-refractivity contribution in [1.82, 2.24) is 5.32 Å². The van der Waals surface area contributed by atoms with Gasteiger partial charge in [0.2, 0.25) is 0 Å². The number of benzene rings is 1. The third-order valence-corrected chi connectivity index (χ3v) is 2.61. The minimum atomic E-state index is 0. The largest absolute Gasteiger partial charge is 0.319 e. The fourth-order valence-corrected chi connectivity index (χ4v) is 1.96. The van der Waals surface area contributed by atoms with E-state index in [2.05, 4.69) is 36.5 Å². The molecule has 0 heterocycles. The maximum absolute atomic E-state index is 3.13. The Morgan fingerprint density at radius 3 is 2.77 bits per heavy atom. The minimum Gasteiger partial charge on any atom is -0.319 e. The lowest BCUT2D eigenvalue weighted by Crippen LogP contribution is -2.09. The second-order valence-corrected chi connectivity index (χ2v) is 3.94. The van der Waals surface area contributed by atoms with Crippen molar-refractivity contribution in [1.29, 1.82) is 0 Å². The molecule has 0 unspecified atom stereocenters. The molecular formula is C10H16ClNS. The van der Waals surface area contributed by atoms with Crippen molar-refractivity contribution in [2.75, 3.05) is 19.3 Å². The Morgan fingerprint density at radius 1 is 1.38 bits per heavy atom. The maximum atomic E-state index is 3.13. The number of aryl methyl sites for hydroxylation is 1. The zero-order chi connectivity index (χ0) is 8.81. The Balaban J connectivity index is 0.00000144. The summed E-state index contributed by atoms with van der Waals surface area (Å²) in [5.41, 5.74) is 1.34. The highest BCUT2D eigenvalue weighted by Gasteiger charge is 1.92. The van der Waals surface area contributed by atoms with Gasteiger partial charge in [0.1, 0.15) is 0 Å². The molecule has 3 heteroatoms. The second kappa shape index (κ2) is 7.25. The van der Waals surface area contributed by atoms with E-state index in [-0.39, 0.29) is 12.4 Å². The molecule has 0 aliphatic heterocycles. The van der Waals surface area contributed by atoms with Gasteiger partial charge in [0, 0.05) is 17.2 Å². The molecule has 1 aromatic carbocycles. The lowest BCUT2D eigenvalue weighted by molar-refractivity contribution is 0.872. The average Bonchev–Trinajstić information content (AvgIpc) is 2.05. The van der Waals surface area contributed by atoms with Crippen LogP contribution in [0.25, 0.3) is 0 Å². The van der Waals surface area contributed by atoms with Crippen LogP contribution in [-0.4, -0.2) is 19.3 Å². The molecule has 0 spiro atoms. The molecule has 0 aliphatic rings. The monoisotopic (exact) mass is 217 g/mol. The zero-order valence-corrected chi connectivity index (χ0v) is 9.67. The molecule has 1 N–H and O–H groups in total. The summed E-state index contributed by atoms with van der Waals surface area (Å²) in [6.07, 6.45) is 0. The molecule has 0 radical (unpaired) electrons. The molecule has 0 aromatic heterocycles. The number of rotatable bonds is 4. The van der Waals surface area contributed by atoms with E-state index in [9.17, 15) is 0 Å². The number of thioether (sulfide) groups is 1. The fourth-order valence-electron chi connectivity index (χ4n) is 0.976. The molecular weight excluding hydrogens is 202 g/mol. The van der Waals surface area contributed by atoms with Crippen LogP contribution in [-0.2, 0) is 0 Å². The van der Waals surface area contributed by atoms with E-state index in [1.807, 2.05) is 18.8 Å². The lowest BCUT2D eigenvalue weighted by atomic mass is 10.2. The van der Waals surface area contributed by atoms with Crippen LogP contribution in [0.15, 0.2) is 29.2 Å². The summed E-state index contributed by atoms with van der Waals surface area (Å²) < 4.78 is 0. The average molecular weight is 218 g/mol. The zero-order valence-electron chi connectivity index (χ0n) is 8.04. The van der Waals surface area contributed by atoms with Gasteiger partial charge in [0.15, 0.2) is 0 Å². The van der Waals surface area contributed by atoms with E-state index in [0.717, 1.165) is 12.3 Å². The molecule has 74 valence electrons. The van der Waals surface area contributed by atoms with Crippen molar-refractivity contribution >= 4 is 24.2 Å². The van der Waals surface area contributed by atoms with Gasteiger partial charge in [-0.1, -0.05) is 17.7 Å². The van der Waals surface area contributed by atoms with Crippen molar-refractivity contribution in [3.05, 3.63) is 29.8 Å². The minimum absolute atomic E-state index is 0. The Kier molecular flexibility index (Phi) is 7.14. The molecule has 0 aliphatic carbocycles. The molecule has 0 amide bonds. The molecule has 1 rings (SSSR count). The summed E-state index contributed by atoms with van der Waals surface area (Å²) in [6, 6.07) is 8.62. The summed E-state index contributed by atoms with van der Waals surface area (Å²) in [7, 11) is 1.98. The Hall–Kier alpha value is -0.180. The SMILES string of the molecule is CNCCSc1cccc(C)c1.Cl. The molecule has 0 bridgehead atoms. The molecule has 13 heavy (non-hydrogen) atoms. The van der Waals surface area contributed by atoms with Gasteiger partial charge in [-0.25, -0.2) is 0 Å². The van der Waals surface area contributed by atoms with E-state index < -0.39 is 0 Å². The van der Waals surface area contributed by atoms with Gasteiger partial charge < -0.3 is 5.32 Å². The highest BCUT2D eigenvalue weighted by Crippen LogP contribution is 2.17. The first kappa shape index (κ1) is 12.8. The van der Waals surface area contributed by atoms with Crippen molar-refractivity contribution in [2.45, 2.75) is 11.8 Å². The Bertz CT molecular complexity index is 240. The third kappa shape index (κ3) is 5.19. The van der Waals surface area contributed by atoms with Gasteiger partial charge in [-0.15, -0.1) is 24.2 Å². The molecule has 0 saturated carbocycles. The van der Waals surface area contributed by atoms with E-state index in [1.54, 1.807) is 0 Å². The molecule has 0 atom stereocenters. The number of nitrogens with one attached hydrogen (secondary N) is 1. The maximum Gasteiger partial charge on any atom is 0.0105 e. The molecule has 0 fully saturated rings. The number of hydrogen-bond acceptors (Lipinski definition) is 2. The topological polar surface area (TPSA) is 12.0 Å². The van der Waals surface area contributed by atoms with Crippen LogP contribution in [0.1, 0.15) is 5.56 Å². The summed E-state index contributed by atoms with van der Waals surface area (Å²) in [6.45, 7) is 3.20. The van der Waals surface area contributed by atoms with E-state index in [1.165, 1.54) is 10.5 Å². The van der Waals surface area contributed by atoms with Gasteiger partial charge in [-0.2, -0.15) is 0 Å². The van der Waals surface area contributed by atoms with Gasteiger partial charge in [-0.3, -0.25) is 0 Å². The molecule has 1 aromatic rings. The van der Waals surface area contributed by atoms with Gasteiger partial charge in [0.05, 0.1) is 0 Å². The first-order valence-corrected chi connectivity index (χ1v) is 5.15. The van der Waals surface area contributed by atoms with Crippen LogP contribution >= 0.6 is 24.2 Å². The predicted molar refractivity (Wildman–Crippen MR) is 63.1 cm³/mol. The van der Waals surface area contributed by atoms with Crippen LogP contribution in [0.5, 0.6) is 0 Å². The summed E-state index contributed by atoms with van der Waals surface area (Å²) in [5, 5.41) is 3.13. The first-order valence-electron chi connectivity index (χ1n) is 4.17. The van der Waals surface area contributed by atoms with Crippen LogP contribution in [0, 0.1) is 6.92 Å². The van der Waals surface area contributed by atoms with Crippen molar-refractivity contribution < 1.29 is 0 Å². The number of halogens is 1. The van der Waals surface area contributed by atoms with Crippen molar-refractivity contribution in [3.63, 3.8) is 0 Å². The normalized spacial score (nSPS) is 9.38. The van der Waals surface area contributed by atoms with Gasteiger partial charge >= 0.3 is 0 Å². The Labute approximate surface area is 90.7 Å². The highest BCUT2D eigenvalue weighted by molar-refractivity contribution is 7.99. The smallest absolute Gasteiger partial charge is 0.0105 e. The Morgan fingerprint density at radius 2 is 2.15 bits per heavy atom. The van der Waals surface area contributed by atoms with Crippen molar-refractivity contribution in [3.8, 4) is 0 Å². The second-order valence-electron chi connectivity index (χ2n) is 2.77. The van der Waals surface area contributed by atoms with Gasteiger partial charge in [0.25, 0.3) is 0 Å². The summed E-state index contributed by atoms with van der Waals surface area (Å²) >= 11 is 1.90. The van der Waals surface area contributed by atoms with E-state index in [0.29, 0.717) is 0 Å². The summed E-state index contributed by atoms with van der Waals surface area (Å²) in [5.74, 6) is 1.14. The quantitative estimate of drug-likeness (QED) is 0.615.